The molecule has 0 aliphatic carbocycles. The molecule has 2 nitrogen and oxygen atoms in total. The molecule has 0 saturated heterocycles. The van der Waals surface area contributed by atoms with Crippen molar-refractivity contribution >= 4 is 104 Å². The van der Waals surface area contributed by atoms with Crippen LogP contribution in [0.5, 0.6) is 0 Å². The lowest BCUT2D eigenvalue weighted by Gasteiger charge is -2.32. The Morgan fingerprint density at radius 1 is 0.788 bits per heavy atom. The Hall–Kier alpha value is -1.39. The van der Waals surface area contributed by atoms with Gasteiger partial charge in [-0.25, -0.2) is 0 Å². The van der Waals surface area contributed by atoms with Gasteiger partial charge in [0.25, 0.3) is 0 Å². The zero-order chi connectivity index (χ0) is 23.1. The molecule has 0 saturated carbocycles. The van der Waals surface area contributed by atoms with E-state index in [2.05, 4.69) is 0 Å². The number of allylic oxidation sites excluding steroid dienone is 2. The fraction of sp³-hybridized carbons (Fsp3) is 0. The zero-order valence-corrected chi connectivity index (χ0v) is 21.6. The lowest BCUT2D eigenvalue weighted by molar-refractivity contribution is -0.357. The molecule has 0 amide bonds. The van der Waals surface area contributed by atoms with Gasteiger partial charge in [0.2, 0.25) is 5.17 Å². The van der Waals surface area contributed by atoms with Gasteiger partial charge in [-0.05, 0) is 45.9 Å². The maximum Gasteiger partial charge on any atom is 0.739 e. The molecular formula is C21H9BCl4F2N2S3. The Kier molecular flexibility index (Phi) is 5.23. The second kappa shape index (κ2) is 7.82. The molecule has 4 aromatic rings. The van der Waals surface area contributed by atoms with Gasteiger partial charge >= 0.3 is 6.97 Å². The van der Waals surface area contributed by atoms with Gasteiger partial charge in [0, 0.05) is 25.9 Å². The fourth-order valence-corrected chi connectivity index (χ4v) is 7.91. The maximum atomic E-state index is 16.3. The molecule has 0 aromatic carbocycles. The highest BCUT2D eigenvalue weighted by molar-refractivity contribution is 7.14. The Balaban J connectivity index is 1.84. The third kappa shape index (κ3) is 2.99. The monoisotopic (exact) mass is 574 g/mol. The van der Waals surface area contributed by atoms with Crippen LogP contribution in [0.1, 0.15) is 15.4 Å². The molecule has 0 unspecified atom stereocenters. The molecule has 4 aromatic heterocycles. The van der Waals surface area contributed by atoms with Crippen molar-refractivity contribution in [1.82, 2.24) is 4.48 Å². The minimum atomic E-state index is -4.50. The maximum absolute atomic E-state index is 16.3. The molecule has 0 fully saturated rings. The fourth-order valence-electron chi connectivity index (χ4n) is 4.31. The predicted molar refractivity (Wildman–Crippen MR) is 140 cm³/mol. The van der Waals surface area contributed by atoms with Crippen molar-refractivity contribution in [2.75, 3.05) is 0 Å². The van der Waals surface area contributed by atoms with Crippen molar-refractivity contribution in [2.24, 2.45) is 0 Å². The Morgan fingerprint density at radius 3 is 1.88 bits per heavy atom. The van der Waals surface area contributed by atoms with Crippen LogP contribution < -0.4 is 0 Å². The van der Waals surface area contributed by atoms with Crippen LogP contribution in [0.3, 0.4) is 0 Å². The largest absolute Gasteiger partial charge is 0.739 e. The van der Waals surface area contributed by atoms with Crippen molar-refractivity contribution in [2.45, 2.75) is 0 Å². The van der Waals surface area contributed by atoms with Crippen molar-refractivity contribution in [3.63, 3.8) is 0 Å². The number of halogens is 6. The van der Waals surface area contributed by atoms with E-state index in [9.17, 15) is 0 Å². The summed E-state index contributed by atoms with van der Waals surface area (Å²) >= 11 is 30.5. The molecule has 0 N–H and O–H groups in total. The van der Waals surface area contributed by atoms with Crippen LogP contribution in [-0.2, 0) is 0 Å². The number of rotatable bonds is 3. The van der Waals surface area contributed by atoms with Gasteiger partial charge in [0.1, 0.15) is 5.03 Å². The summed E-state index contributed by atoms with van der Waals surface area (Å²) in [4.78, 5) is 2.26. The molecule has 0 radical (unpaired) electrons. The van der Waals surface area contributed by atoms with Crippen molar-refractivity contribution < 1.29 is 13.1 Å². The predicted octanol–water partition coefficient (Wildman–Crippen LogP) is 8.96. The zero-order valence-electron chi connectivity index (χ0n) is 16.2. The van der Waals surface area contributed by atoms with Crippen molar-refractivity contribution in [3.8, 4) is 10.4 Å². The van der Waals surface area contributed by atoms with E-state index >= 15 is 8.63 Å². The number of nitrogens with zero attached hydrogens (tertiary/aromatic N) is 2. The highest BCUT2D eigenvalue weighted by atomic mass is 35.5. The van der Waals surface area contributed by atoms with Crippen LogP contribution >= 0.6 is 80.4 Å². The number of fused-ring (bicyclic) bond motifs is 2. The number of hydrogen-bond acceptors (Lipinski definition) is 3. The third-order valence-electron chi connectivity index (χ3n) is 5.58. The molecule has 33 heavy (non-hydrogen) atoms. The summed E-state index contributed by atoms with van der Waals surface area (Å²) in [5.74, 6) is 0. The minimum absolute atomic E-state index is 0.0790. The topological polar surface area (TPSA) is 7.94 Å². The van der Waals surface area contributed by atoms with E-state index in [4.69, 9.17) is 46.4 Å². The molecule has 12 heteroatoms. The first-order valence-electron chi connectivity index (χ1n) is 9.54. The van der Waals surface area contributed by atoms with Gasteiger partial charge in [-0.2, -0.15) is 0 Å². The lowest BCUT2D eigenvalue weighted by atomic mass is 9.85. The second-order valence-electron chi connectivity index (χ2n) is 7.29. The van der Waals surface area contributed by atoms with Gasteiger partial charge in [-0.15, -0.1) is 34.0 Å². The van der Waals surface area contributed by atoms with E-state index in [-0.39, 0.29) is 31.8 Å². The van der Waals surface area contributed by atoms with Gasteiger partial charge in [0.05, 0.1) is 21.3 Å². The van der Waals surface area contributed by atoms with Crippen molar-refractivity contribution in [1.29, 1.82) is 0 Å². The molecule has 0 spiro atoms. The average Bonchev–Trinajstić information content (AvgIpc) is 3.58. The molecule has 6 heterocycles. The summed E-state index contributed by atoms with van der Waals surface area (Å²) in [5.41, 5.74) is 2.02. The van der Waals surface area contributed by atoms with E-state index in [0.29, 0.717) is 16.7 Å². The summed E-state index contributed by atoms with van der Waals surface area (Å²) in [6.45, 7) is -4.50. The standard InChI is InChI=1S/C21H9BCl4F2N2S3/c23-16-13(10-4-1-7-31-10)18-15(12-6-3-9-33-12)19-14(11-5-2-8-32-11)17(24)21(26)30(19)22(27,28)29(18)20(16)25/h1-9H. The lowest BCUT2D eigenvalue weighted by Crippen LogP contribution is -2.50. The second-order valence-corrected chi connectivity index (χ2v) is 11.6. The van der Waals surface area contributed by atoms with E-state index < -0.39 is 6.97 Å². The average molecular weight is 576 g/mol. The first-order valence-corrected chi connectivity index (χ1v) is 13.7. The van der Waals surface area contributed by atoms with Gasteiger partial charge < -0.3 is 17.6 Å². The number of thiophene rings is 3. The van der Waals surface area contributed by atoms with Gasteiger partial charge in [0.15, 0.2) is 5.70 Å². The van der Waals surface area contributed by atoms with E-state index in [0.717, 1.165) is 23.6 Å². The summed E-state index contributed by atoms with van der Waals surface area (Å²) in [5, 5.41) is 5.31. The van der Waals surface area contributed by atoms with E-state index in [1.807, 2.05) is 52.5 Å². The summed E-state index contributed by atoms with van der Waals surface area (Å²) in [7, 11) is 0. The van der Waals surface area contributed by atoms with Crippen molar-refractivity contribution in [3.05, 3.63) is 88.9 Å². The molecule has 166 valence electrons. The smallest absolute Gasteiger partial charge is 0.389 e. The van der Waals surface area contributed by atoms with E-state index in [1.165, 1.54) is 34.0 Å². The van der Waals surface area contributed by atoms with E-state index in [1.54, 1.807) is 0 Å². The summed E-state index contributed by atoms with van der Waals surface area (Å²) < 4.78 is 34.2. The molecule has 2 aliphatic heterocycles. The van der Waals surface area contributed by atoms with Gasteiger partial charge in [-0.3, -0.25) is 0 Å². The van der Waals surface area contributed by atoms with Crippen LogP contribution in [0.2, 0.25) is 10.2 Å². The molecule has 6 rings (SSSR count). The van der Waals surface area contributed by atoms with Gasteiger partial charge in [-0.1, -0.05) is 53.0 Å². The first-order chi connectivity index (χ1) is 15.8. The SMILES string of the molecule is F[B-]1(F)n2c(Cl)c(Cl)c(-c3cccs3)c2C(c2cccs2)=C2C(c3cccs3)=C(Cl)C(Cl)=[N+]21. The normalized spacial score (nSPS) is 17.3. The molecular weight excluding hydrogens is 567 g/mol. The van der Waals surface area contributed by atoms with Crippen LogP contribution in [0.4, 0.5) is 8.63 Å². The molecule has 0 atom stereocenters. The Morgan fingerprint density at radius 2 is 1.33 bits per heavy atom. The highest BCUT2D eigenvalue weighted by Gasteiger charge is 2.59. The molecule has 0 bridgehead atoms. The van der Waals surface area contributed by atoms with Crippen LogP contribution in [0, 0.1) is 0 Å². The highest BCUT2D eigenvalue weighted by Crippen LogP contribution is 2.55. The number of hydrogen-bond donors (Lipinski definition) is 0. The third-order valence-corrected chi connectivity index (χ3v) is 9.91. The van der Waals surface area contributed by atoms with Crippen LogP contribution in [-0.4, -0.2) is 21.1 Å². The summed E-state index contributed by atoms with van der Waals surface area (Å²) in [6, 6.07) is 11.1. The Labute approximate surface area is 219 Å². The van der Waals surface area contributed by atoms with Crippen LogP contribution in [0.15, 0.2) is 63.3 Å². The number of aromatic nitrogens is 1. The Bertz CT molecular complexity index is 1520. The molecule has 2 aliphatic rings. The quantitative estimate of drug-likeness (QED) is 0.215. The summed E-state index contributed by atoms with van der Waals surface area (Å²) in [6.07, 6.45) is 0. The first kappa shape index (κ1) is 22.1. The minimum Gasteiger partial charge on any atom is -0.389 e. The van der Waals surface area contributed by atoms with Crippen LogP contribution in [0.25, 0.3) is 21.6 Å².